The number of pyridine rings is 1. The summed E-state index contributed by atoms with van der Waals surface area (Å²) < 4.78 is 11.0. The summed E-state index contributed by atoms with van der Waals surface area (Å²) in [6.07, 6.45) is 2.26. The number of nitrogens with zero attached hydrogens (tertiary/aromatic N) is 1. The van der Waals surface area contributed by atoms with E-state index in [4.69, 9.17) is 9.47 Å². The second kappa shape index (κ2) is 7.86. The molecule has 1 aromatic heterocycles. The van der Waals surface area contributed by atoms with Crippen molar-refractivity contribution in [1.82, 2.24) is 10.3 Å². The number of aromatic nitrogens is 1. The highest BCUT2D eigenvalue weighted by Crippen LogP contribution is 2.32. The number of hydrogen-bond donors (Lipinski definition) is 2. The van der Waals surface area contributed by atoms with E-state index in [2.05, 4.69) is 15.6 Å². The zero-order chi connectivity index (χ0) is 18.5. The Morgan fingerprint density at radius 1 is 1.12 bits per heavy atom. The van der Waals surface area contributed by atoms with Crippen LogP contribution in [0.15, 0.2) is 36.5 Å². The molecule has 2 N–H and O–H groups in total. The van der Waals surface area contributed by atoms with Crippen LogP contribution in [0.5, 0.6) is 11.5 Å². The van der Waals surface area contributed by atoms with Gasteiger partial charge in [-0.1, -0.05) is 6.92 Å². The number of anilines is 1. The minimum absolute atomic E-state index is 0.0412. The first-order chi connectivity index (χ1) is 12.6. The molecular weight excluding hydrogens is 334 g/mol. The van der Waals surface area contributed by atoms with Crippen molar-refractivity contribution in [2.75, 3.05) is 18.5 Å². The van der Waals surface area contributed by atoms with E-state index in [-0.39, 0.29) is 23.6 Å². The monoisotopic (exact) mass is 355 g/mol. The Balaban J connectivity index is 1.72. The Bertz CT molecular complexity index is 822. The van der Waals surface area contributed by atoms with Gasteiger partial charge < -0.3 is 20.1 Å². The summed E-state index contributed by atoms with van der Waals surface area (Å²) in [5.41, 5.74) is 1.14. The molecule has 0 bridgehead atoms. The maximum Gasteiger partial charge on any atom is 0.270 e. The van der Waals surface area contributed by atoms with Gasteiger partial charge in [-0.25, -0.2) is 0 Å². The third kappa shape index (κ3) is 4.11. The number of hydrogen-bond acceptors (Lipinski definition) is 5. The van der Waals surface area contributed by atoms with Crippen molar-refractivity contribution in [2.24, 2.45) is 0 Å². The number of amides is 2. The highest BCUT2D eigenvalue weighted by atomic mass is 16.6. The quantitative estimate of drug-likeness (QED) is 0.861. The summed E-state index contributed by atoms with van der Waals surface area (Å²) in [5, 5.41) is 5.62. The van der Waals surface area contributed by atoms with Gasteiger partial charge in [0.05, 0.1) is 0 Å². The molecular formula is C19H21N3O4. The van der Waals surface area contributed by atoms with Gasteiger partial charge in [-0.05, 0) is 37.6 Å². The van der Waals surface area contributed by atoms with Gasteiger partial charge in [-0.3, -0.25) is 14.6 Å². The minimum atomic E-state index is -0.332. The largest absolute Gasteiger partial charge is 0.486 e. The van der Waals surface area contributed by atoms with Crippen LogP contribution >= 0.6 is 0 Å². The van der Waals surface area contributed by atoms with Gasteiger partial charge in [0.15, 0.2) is 11.5 Å². The van der Waals surface area contributed by atoms with E-state index in [1.807, 2.05) is 13.8 Å². The number of carbonyl (C=O) groups is 2. The van der Waals surface area contributed by atoms with Gasteiger partial charge in [0, 0.05) is 29.6 Å². The topological polar surface area (TPSA) is 89.6 Å². The van der Waals surface area contributed by atoms with Crippen molar-refractivity contribution in [1.29, 1.82) is 0 Å². The Hall–Kier alpha value is -3.09. The van der Waals surface area contributed by atoms with E-state index in [1.54, 1.807) is 24.3 Å². The van der Waals surface area contributed by atoms with Crippen LogP contribution in [0.3, 0.4) is 0 Å². The smallest absolute Gasteiger partial charge is 0.270 e. The molecule has 1 aromatic carbocycles. The van der Waals surface area contributed by atoms with Crippen LogP contribution in [0.2, 0.25) is 0 Å². The molecule has 26 heavy (non-hydrogen) atoms. The van der Waals surface area contributed by atoms with E-state index in [0.29, 0.717) is 36.0 Å². The van der Waals surface area contributed by atoms with Gasteiger partial charge >= 0.3 is 0 Å². The van der Waals surface area contributed by atoms with E-state index in [9.17, 15) is 9.59 Å². The molecule has 2 heterocycles. The molecule has 1 aliphatic rings. The van der Waals surface area contributed by atoms with Crippen molar-refractivity contribution in [2.45, 2.75) is 26.3 Å². The highest BCUT2D eigenvalue weighted by molar-refractivity contribution is 6.05. The first-order valence-electron chi connectivity index (χ1n) is 8.54. The SMILES string of the molecule is CCC(C)NC(=O)c1cc(C(=O)Nc2ccc3c(c2)OCCO3)ccn1. The molecule has 2 aromatic rings. The molecule has 1 aliphatic heterocycles. The van der Waals surface area contributed by atoms with Crippen LogP contribution in [0, 0.1) is 0 Å². The average Bonchev–Trinajstić information content (AvgIpc) is 2.67. The summed E-state index contributed by atoms with van der Waals surface area (Å²) in [7, 11) is 0. The molecule has 0 radical (unpaired) electrons. The first-order valence-corrected chi connectivity index (χ1v) is 8.54. The fourth-order valence-electron chi connectivity index (χ4n) is 2.42. The molecule has 1 unspecified atom stereocenters. The van der Waals surface area contributed by atoms with E-state index in [1.165, 1.54) is 12.3 Å². The lowest BCUT2D eigenvalue weighted by Crippen LogP contribution is -2.32. The normalized spacial score (nSPS) is 13.6. The third-order valence-corrected chi connectivity index (χ3v) is 4.04. The Kier molecular flexibility index (Phi) is 5.36. The van der Waals surface area contributed by atoms with Gasteiger partial charge in [-0.2, -0.15) is 0 Å². The van der Waals surface area contributed by atoms with Crippen molar-refractivity contribution in [3.63, 3.8) is 0 Å². The van der Waals surface area contributed by atoms with Crippen LogP contribution in [0.1, 0.15) is 41.1 Å². The molecule has 0 spiro atoms. The molecule has 0 aliphatic carbocycles. The van der Waals surface area contributed by atoms with Gasteiger partial charge in [-0.15, -0.1) is 0 Å². The second-order valence-corrected chi connectivity index (χ2v) is 6.03. The van der Waals surface area contributed by atoms with Gasteiger partial charge in [0.1, 0.15) is 18.9 Å². The number of rotatable bonds is 5. The van der Waals surface area contributed by atoms with E-state index >= 15 is 0 Å². The zero-order valence-corrected chi connectivity index (χ0v) is 14.7. The zero-order valence-electron chi connectivity index (χ0n) is 14.7. The molecule has 7 nitrogen and oxygen atoms in total. The molecule has 2 amide bonds. The lowest BCUT2D eigenvalue weighted by Gasteiger charge is -2.19. The summed E-state index contributed by atoms with van der Waals surface area (Å²) in [4.78, 5) is 28.7. The summed E-state index contributed by atoms with van der Waals surface area (Å²) in [6.45, 7) is 4.88. The van der Waals surface area contributed by atoms with E-state index < -0.39 is 0 Å². The standard InChI is InChI=1S/C19H21N3O4/c1-3-12(2)21-19(24)15-10-13(6-7-20-15)18(23)22-14-4-5-16-17(11-14)26-9-8-25-16/h4-7,10-12H,3,8-9H2,1-2H3,(H,21,24)(H,22,23). The van der Waals surface area contributed by atoms with Crippen molar-refractivity contribution in [3.05, 3.63) is 47.8 Å². The Morgan fingerprint density at radius 2 is 1.88 bits per heavy atom. The second-order valence-electron chi connectivity index (χ2n) is 6.03. The minimum Gasteiger partial charge on any atom is -0.486 e. The molecule has 3 rings (SSSR count). The number of fused-ring (bicyclic) bond motifs is 1. The van der Waals surface area contributed by atoms with Crippen LogP contribution < -0.4 is 20.1 Å². The Labute approximate surface area is 151 Å². The summed E-state index contributed by atoms with van der Waals surface area (Å²) >= 11 is 0. The maximum absolute atomic E-state index is 12.5. The van der Waals surface area contributed by atoms with Crippen LogP contribution in [0.4, 0.5) is 5.69 Å². The Morgan fingerprint density at radius 3 is 2.65 bits per heavy atom. The molecule has 1 atom stereocenters. The maximum atomic E-state index is 12.5. The third-order valence-electron chi connectivity index (χ3n) is 4.04. The van der Waals surface area contributed by atoms with Crippen LogP contribution in [-0.4, -0.2) is 36.1 Å². The predicted molar refractivity (Wildman–Crippen MR) is 96.8 cm³/mol. The number of benzene rings is 1. The highest BCUT2D eigenvalue weighted by Gasteiger charge is 2.15. The molecule has 0 fully saturated rings. The average molecular weight is 355 g/mol. The van der Waals surface area contributed by atoms with Crippen LogP contribution in [-0.2, 0) is 0 Å². The van der Waals surface area contributed by atoms with Crippen LogP contribution in [0.25, 0.3) is 0 Å². The van der Waals surface area contributed by atoms with Gasteiger partial charge in [0.25, 0.3) is 11.8 Å². The van der Waals surface area contributed by atoms with Crippen molar-refractivity contribution >= 4 is 17.5 Å². The fraction of sp³-hybridized carbons (Fsp3) is 0.316. The lowest BCUT2D eigenvalue weighted by atomic mass is 10.2. The molecule has 0 saturated heterocycles. The number of ether oxygens (including phenoxy) is 2. The number of carbonyl (C=O) groups excluding carboxylic acids is 2. The first kappa shape index (κ1) is 17.7. The van der Waals surface area contributed by atoms with Gasteiger partial charge in [0.2, 0.25) is 0 Å². The molecule has 7 heteroatoms. The lowest BCUT2D eigenvalue weighted by molar-refractivity contribution is 0.0934. The number of nitrogens with one attached hydrogen (secondary N) is 2. The fourth-order valence-corrected chi connectivity index (χ4v) is 2.42. The summed E-state index contributed by atoms with van der Waals surface area (Å²) in [5.74, 6) is 0.620. The molecule has 136 valence electrons. The molecule has 0 saturated carbocycles. The summed E-state index contributed by atoms with van der Waals surface area (Å²) in [6, 6.07) is 8.28. The van der Waals surface area contributed by atoms with Crippen molar-refractivity contribution < 1.29 is 19.1 Å². The predicted octanol–water partition coefficient (Wildman–Crippen LogP) is 2.63. The van der Waals surface area contributed by atoms with Crippen molar-refractivity contribution in [3.8, 4) is 11.5 Å². The van der Waals surface area contributed by atoms with E-state index in [0.717, 1.165) is 6.42 Å².